The van der Waals surface area contributed by atoms with E-state index in [1.165, 1.54) is 12.1 Å². The maximum absolute atomic E-state index is 10.6. The second-order valence-corrected chi connectivity index (χ2v) is 8.10. The summed E-state index contributed by atoms with van der Waals surface area (Å²) in [7, 11) is 1.64. The third-order valence-corrected chi connectivity index (χ3v) is 4.95. The van der Waals surface area contributed by atoms with Crippen LogP contribution in [0.25, 0.3) is 0 Å². The van der Waals surface area contributed by atoms with E-state index >= 15 is 0 Å². The highest BCUT2D eigenvalue weighted by Crippen LogP contribution is 2.17. The number of methoxy groups -OCH3 is 1. The van der Waals surface area contributed by atoms with Crippen LogP contribution in [0.4, 0.5) is 5.69 Å². The Labute approximate surface area is 242 Å². The Kier molecular flexibility index (Phi) is 26.7. The molecule has 0 saturated heterocycles. The molecular formula is C27H47NO13. The third kappa shape index (κ3) is 25.5. The summed E-state index contributed by atoms with van der Waals surface area (Å²) in [5.41, 5.74) is 0.0267. The Bertz CT molecular complexity index is 696. The van der Waals surface area contributed by atoms with E-state index in [0.717, 1.165) is 0 Å². The lowest BCUT2D eigenvalue weighted by Crippen LogP contribution is -2.15. The first-order valence-corrected chi connectivity index (χ1v) is 13.8. The Morgan fingerprint density at radius 1 is 0.463 bits per heavy atom. The molecule has 0 aliphatic rings. The fourth-order valence-corrected chi connectivity index (χ4v) is 2.89. The minimum Gasteiger partial charge on any atom is -0.491 e. The normalized spacial score (nSPS) is 11.2. The first-order chi connectivity index (χ1) is 20.2. The van der Waals surface area contributed by atoms with Gasteiger partial charge >= 0.3 is 0 Å². The molecule has 0 aliphatic heterocycles. The average molecular weight is 594 g/mol. The molecule has 1 aromatic rings. The van der Waals surface area contributed by atoms with Crippen LogP contribution >= 0.6 is 0 Å². The van der Waals surface area contributed by atoms with Crippen molar-refractivity contribution < 1.29 is 57.0 Å². The number of rotatable bonds is 32. The zero-order chi connectivity index (χ0) is 29.5. The van der Waals surface area contributed by atoms with E-state index in [-0.39, 0.29) is 5.69 Å². The van der Waals surface area contributed by atoms with Crippen LogP contribution in [0, 0.1) is 10.1 Å². The van der Waals surface area contributed by atoms with Gasteiger partial charge in [-0.15, -0.1) is 0 Å². The van der Waals surface area contributed by atoms with Gasteiger partial charge in [0.2, 0.25) is 0 Å². The van der Waals surface area contributed by atoms with Gasteiger partial charge in [0.05, 0.1) is 130 Å². The van der Waals surface area contributed by atoms with Crippen LogP contribution in [0.2, 0.25) is 0 Å². The quantitative estimate of drug-likeness (QED) is 0.0680. The van der Waals surface area contributed by atoms with Gasteiger partial charge in [-0.2, -0.15) is 0 Å². The first-order valence-electron chi connectivity index (χ1n) is 13.8. The Balaban J connectivity index is 1.67. The Hall–Kier alpha value is -1.98. The monoisotopic (exact) mass is 593 g/mol. The van der Waals surface area contributed by atoms with Crippen molar-refractivity contribution >= 4 is 5.69 Å². The van der Waals surface area contributed by atoms with Crippen molar-refractivity contribution in [1.82, 2.24) is 0 Å². The molecule has 0 spiro atoms. The van der Waals surface area contributed by atoms with Crippen LogP contribution in [0.3, 0.4) is 0 Å². The topological polar surface area (TPSA) is 145 Å². The summed E-state index contributed by atoms with van der Waals surface area (Å²) in [6.07, 6.45) is 0. The van der Waals surface area contributed by atoms with Crippen molar-refractivity contribution in [3.63, 3.8) is 0 Å². The van der Waals surface area contributed by atoms with Gasteiger partial charge in [0.15, 0.2) is 0 Å². The fraction of sp³-hybridized carbons (Fsp3) is 0.778. The lowest BCUT2D eigenvalue weighted by atomic mass is 10.3. The molecule has 0 heterocycles. The van der Waals surface area contributed by atoms with E-state index in [9.17, 15) is 10.1 Å². The van der Waals surface area contributed by atoms with E-state index in [4.69, 9.17) is 52.1 Å². The van der Waals surface area contributed by atoms with Gasteiger partial charge in [-0.1, -0.05) is 0 Å². The summed E-state index contributed by atoms with van der Waals surface area (Å²) in [6, 6.07) is 5.91. The SMILES string of the molecule is COCCOCCOCCOCCOCCOCCOCCOCCOCCOCCOc1ccc([N+](=O)[O-])cc1. The second-order valence-electron chi connectivity index (χ2n) is 8.10. The van der Waals surface area contributed by atoms with Crippen LogP contribution < -0.4 is 4.74 Å². The molecule has 0 unspecified atom stereocenters. The molecule has 238 valence electrons. The van der Waals surface area contributed by atoms with Crippen LogP contribution in [0.1, 0.15) is 0 Å². The molecule has 14 heteroatoms. The molecule has 1 rings (SSSR count). The van der Waals surface area contributed by atoms with Gasteiger partial charge < -0.3 is 52.1 Å². The van der Waals surface area contributed by atoms with Crippen LogP contribution in [0.15, 0.2) is 24.3 Å². The summed E-state index contributed by atoms with van der Waals surface area (Å²) in [4.78, 5) is 10.2. The highest BCUT2D eigenvalue weighted by atomic mass is 16.6. The summed E-state index contributed by atoms with van der Waals surface area (Å²) in [5.74, 6) is 0.557. The van der Waals surface area contributed by atoms with E-state index in [1.54, 1.807) is 19.2 Å². The first kappa shape index (κ1) is 37.0. The molecule has 0 atom stereocenters. The van der Waals surface area contributed by atoms with Crippen LogP contribution in [-0.2, 0) is 47.4 Å². The van der Waals surface area contributed by atoms with Crippen molar-refractivity contribution in [3.05, 3.63) is 34.4 Å². The predicted octanol–water partition coefficient (Wildman–Crippen LogP) is 1.77. The third-order valence-electron chi connectivity index (χ3n) is 4.95. The standard InChI is InChI=1S/C27H47NO13/c1-31-6-7-32-8-9-33-10-11-34-12-13-35-14-15-36-16-17-37-18-19-38-20-21-39-22-23-40-24-25-41-27-4-2-26(3-5-27)28(29)30/h2-5H,6-25H2,1H3. The van der Waals surface area contributed by atoms with Crippen LogP contribution in [-0.4, -0.2) is 144 Å². The van der Waals surface area contributed by atoms with Gasteiger partial charge in [0.25, 0.3) is 5.69 Å². The molecule has 0 saturated carbocycles. The van der Waals surface area contributed by atoms with Crippen LogP contribution in [0.5, 0.6) is 5.75 Å². The molecule has 0 N–H and O–H groups in total. The summed E-state index contributed by atoms with van der Waals surface area (Å²) in [5, 5.41) is 10.6. The molecule has 0 bridgehead atoms. The number of hydrogen-bond donors (Lipinski definition) is 0. The Morgan fingerprint density at radius 2 is 0.732 bits per heavy atom. The van der Waals surface area contributed by atoms with Crippen molar-refractivity contribution in [2.24, 2.45) is 0 Å². The van der Waals surface area contributed by atoms with Crippen molar-refractivity contribution in [2.75, 3.05) is 139 Å². The number of nitro benzene ring substituents is 1. The number of hydrogen-bond acceptors (Lipinski definition) is 13. The molecule has 1 aromatic carbocycles. The molecule has 0 aliphatic carbocycles. The summed E-state index contributed by atoms with van der Waals surface area (Å²) in [6.45, 7) is 9.86. The highest BCUT2D eigenvalue weighted by Gasteiger charge is 2.04. The molecule has 14 nitrogen and oxygen atoms in total. The number of nitrogens with zero attached hydrogens (tertiary/aromatic N) is 1. The number of benzene rings is 1. The van der Waals surface area contributed by atoms with E-state index < -0.39 is 4.92 Å². The maximum Gasteiger partial charge on any atom is 0.269 e. The molecule has 41 heavy (non-hydrogen) atoms. The van der Waals surface area contributed by atoms with E-state index in [1.807, 2.05) is 0 Å². The van der Waals surface area contributed by atoms with Gasteiger partial charge in [-0.25, -0.2) is 0 Å². The fourth-order valence-electron chi connectivity index (χ4n) is 2.89. The van der Waals surface area contributed by atoms with Gasteiger partial charge in [-0.3, -0.25) is 10.1 Å². The van der Waals surface area contributed by atoms with Crippen molar-refractivity contribution in [2.45, 2.75) is 0 Å². The molecule has 0 radical (unpaired) electrons. The number of ether oxygens (including phenoxy) is 11. The number of non-ortho nitro benzene ring substituents is 1. The molecule has 0 fully saturated rings. The largest absolute Gasteiger partial charge is 0.491 e. The minimum absolute atomic E-state index is 0.0267. The Morgan fingerprint density at radius 3 is 1.00 bits per heavy atom. The lowest BCUT2D eigenvalue weighted by molar-refractivity contribution is -0.384. The molecular weight excluding hydrogens is 546 g/mol. The van der Waals surface area contributed by atoms with Gasteiger partial charge in [0, 0.05) is 19.2 Å². The van der Waals surface area contributed by atoms with Gasteiger partial charge in [-0.05, 0) is 12.1 Å². The minimum atomic E-state index is -0.452. The maximum atomic E-state index is 10.6. The zero-order valence-corrected chi connectivity index (χ0v) is 24.2. The smallest absolute Gasteiger partial charge is 0.269 e. The summed E-state index contributed by atoms with van der Waals surface area (Å²) < 4.78 is 59.1. The van der Waals surface area contributed by atoms with E-state index in [2.05, 4.69) is 0 Å². The highest BCUT2D eigenvalue weighted by molar-refractivity contribution is 5.35. The molecule has 0 aromatic heterocycles. The second kappa shape index (κ2) is 29.5. The van der Waals surface area contributed by atoms with Crippen molar-refractivity contribution in [1.29, 1.82) is 0 Å². The van der Waals surface area contributed by atoms with Gasteiger partial charge in [0.1, 0.15) is 12.4 Å². The average Bonchev–Trinajstić information content (AvgIpc) is 2.98. The van der Waals surface area contributed by atoms with E-state index in [0.29, 0.717) is 138 Å². The van der Waals surface area contributed by atoms with Crippen molar-refractivity contribution in [3.8, 4) is 5.75 Å². The zero-order valence-electron chi connectivity index (χ0n) is 24.2. The number of nitro groups is 1. The summed E-state index contributed by atoms with van der Waals surface area (Å²) >= 11 is 0. The predicted molar refractivity (Wildman–Crippen MR) is 148 cm³/mol. The molecule has 0 amide bonds. The lowest BCUT2D eigenvalue weighted by Gasteiger charge is -2.09.